The van der Waals surface area contributed by atoms with Gasteiger partial charge in [0.2, 0.25) is 11.8 Å². The van der Waals surface area contributed by atoms with Gasteiger partial charge in [-0.05, 0) is 32.2 Å². The SMILES string of the molecule is COCCNC(=O)[C@H]1CCCN(C2CCN(c3cc(OC)ncn3)CC2)C1. The lowest BCUT2D eigenvalue weighted by Gasteiger charge is -2.42. The molecule has 2 saturated heterocycles. The zero-order valence-electron chi connectivity index (χ0n) is 16.4. The smallest absolute Gasteiger partial charge is 0.224 e. The standard InChI is InChI=1S/C19H31N5O3/c1-26-11-7-20-19(25)15-4-3-8-24(13-15)16-5-9-23(10-6-16)17-12-18(27-2)22-14-21-17/h12,14-16H,3-11,13H2,1-2H3,(H,20,25)/t15-/m0/s1. The average Bonchev–Trinajstić information content (AvgIpc) is 2.74. The Hall–Kier alpha value is -1.93. The number of nitrogens with zero attached hydrogens (tertiary/aromatic N) is 4. The molecule has 150 valence electrons. The number of aromatic nitrogens is 2. The first-order chi connectivity index (χ1) is 13.2. The highest BCUT2D eigenvalue weighted by molar-refractivity contribution is 5.78. The van der Waals surface area contributed by atoms with E-state index in [2.05, 4.69) is 25.1 Å². The molecule has 0 spiro atoms. The lowest BCUT2D eigenvalue weighted by Crippen LogP contribution is -2.51. The van der Waals surface area contributed by atoms with Crippen LogP contribution in [0.4, 0.5) is 5.82 Å². The maximum absolute atomic E-state index is 12.4. The fourth-order valence-electron chi connectivity index (χ4n) is 4.05. The van der Waals surface area contributed by atoms with Crippen LogP contribution in [-0.4, -0.2) is 80.4 Å². The molecule has 0 unspecified atom stereocenters. The first kappa shape index (κ1) is 19.8. The van der Waals surface area contributed by atoms with E-state index in [0.29, 0.717) is 25.1 Å². The normalized spacial score (nSPS) is 21.9. The van der Waals surface area contributed by atoms with Gasteiger partial charge in [0.15, 0.2) is 0 Å². The molecule has 0 aromatic carbocycles. The van der Waals surface area contributed by atoms with Gasteiger partial charge in [0.05, 0.1) is 19.6 Å². The van der Waals surface area contributed by atoms with Crippen molar-refractivity contribution < 1.29 is 14.3 Å². The second-order valence-corrected chi connectivity index (χ2v) is 7.25. The van der Waals surface area contributed by atoms with Gasteiger partial charge in [0, 0.05) is 45.4 Å². The third-order valence-corrected chi connectivity index (χ3v) is 5.57. The molecule has 27 heavy (non-hydrogen) atoms. The molecular weight excluding hydrogens is 346 g/mol. The molecule has 8 heteroatoms. The van der Waals surface area contributed by atoms with Gasteiger partial charge in [-0.15, -0.1) is 0 Å². The van der Waals surface area contributed by atoms with Crippen LogP contribution in [0.2, 0.25) is 0 Å². The van der Waals surface area contributed by atoms with Gasteiger partial charge in [-0.3, -0.25) is 9.69 Å². The number of likely N-dealkylation sites (tertiary alicyclic amines) is 1. The fourth-order valence-corrected chi connectivity index (χ4v) is 4.05. The first-order valence-corrected chi connectivity index (χ1v) is 9.83. The van der Waals surface area contributed by atoms with Crippen molar-refractivity contribution in [2.45, 2.75) is 31.7 Å². The minimum atomic E-state index is 0.0970. The van der Waals surface area contributed by atoms with Crippen LogP contribution in [-0.2, 0) is 9.53 Å². The quantitative estimate of drug-likeness (QED) is 0.708. The minimum Gasteiger partial charge on any atom is -0.481 e. The summed E-state index contributed by atoms with van der Waals surface area (Å²) in [7, 11) is 3.27. The van der Waals surface area contributed by atoms with E-state index in [-0.39, 0.29) is 11.8 Å². The monoisotopic (exact) mass is 377 g/mol. The Bertz CT molecular complexity index is 607. The number of ether oxygens (including phenoxy) is 2. The van der Waals surface area contributed by atoms with Crippen molar-refractivity contribution in [3.05, 3.63) is 12.4 Å². The maximum atomic E-state index is 12.4. The Morgan fingerprint density at radius 3 is 2.78 bits per heavy atom. The predicted octanol–water partition coefficient (Wildman–Crippen LogP) is 0.929. The third-order valence-electron chi connectivity index (χ3n) is 5.57. The van der Waals surface area contributed by atoms with Crippen molar-refractivity contribution in [1.82, 2.24) is 20.2 Å². The van der Waals surface area contributed by atoms with Gasteiger partial charge >= 0.3 is 0 Å². The Balaban J connectivity index is 1.49. The molecule has 1 atom stereocenters. The predicted molar refractivity (Wildman–Crippen MR) is 103 cm³/mol. The van der Waals surface area contributed by atoms with E-state index in [1.165, 1.54) is 0 Å². The summed E-state index contributed by atoms with van der Waals surface area (Å²) in [5, 5.41) is 2.99. The van der Waals surface area contributed by atoms with Crippen LogP contribution >= 0.6 is 0 Å². The summed E-state index contributed by atoms with van der Waals surface area (Å²) in [6.45, 7) is 5.04. The first-order valence-electron chi connectivity index (χ1n) is 9.83. The number of methoxy groups -OCH3 is 2. The molecular formula is C19H31N5O3. The van der Waals surface area contributed by atoms with Gasteiger partial charge in [-0.1, -0.05) is 0 Å². The highest BCUT2D eigenvalue weighted by Gasteiger charge is 2.31. The molecule has 3 heterocycles. The summed E-state index contributed by atoms with van der Waals surface area (Å²) in [6.07, 6.45) is 5.80. The average molecular weight is 377 g/mol. The number of hydrogen-bond donors (Lipinski definition) is 1. The van der Waals surface area contributed by atoms with Crippen LogP contribution in [0.5, 0.6) is 5.88 Å². The zero-order chi connectivity index (χ0) is 19.1. The van der Waals surface area contributed by atoms with E-state index in [0.717, 1.165) is 57.7 Å². The molecule has 1 aromatic rings. The topological polar surface area (TPSA) is 79.8 Å². The van der Waals surface area contributed by atoms with Crippen LogP contribution < -0.4 is 15.0 Å². The summed E-state index contributed by atoms with van der Waals surface area (Å²) in [6, 6.07) is 2.43. The molecule has 2 aliphatic heterocycles. The summed E-state index contributed by atoms with van der Waals surface area (Å²) >= 11 is 0. The molecule has 8 nitrogen and oxygen atoms in total. The van der Waals surface area contributed by atoms with E-state index < -0.39 is 0 Å². The van der Waals surface area contributed by atoms with Crippen molar-refractivity contribution in [2.75, 3.05) is 58.5 Å². The lowest BCUT2D eigenvalue weighted by molar-refractivity contribution is -0.127. The van der Waals surface area contributed by atoms with Crippen LogP contribution in [0.3, 0.4) is 0 Å². The molecule has 1 N–H and O–H groups in total. The number of rotatable bonds is 7. The molecule has 3 rings (SSSR count). The van der Waals surface area contributed by atoms with Crippen molar-refractivity contribution in [1.29, 1.82) is 0 Å². The van der Waals surface area contributed by atoms with E-state index in [9.17, 15) is 4.79 Å². The van der Waals surface area contributed by atoms with E-state index in [4.69, 9.17) is 9.47 Å². The molecule has 1 amide bonds. The largest absolute Gasteiger partial charge is 0.481 e. The van der Waals surface area contributed by atoms with Crippen molar-refractivity contribution >= 4 is 11.7 Å². The van der Waals surface area contributed by atoms with Crippen molar-refractivity contribution in [3.8, 4) is 5.88 Å². The molecule has 0 aliphatic carbocycles. The zero-order valence-corrected chi connectivity index (χ0v) is 16.4. The lowest BCUT2D eigenvalue weighted by atomic mass is 9.93. The van der Waals surface area contributed by atoms with Crippen LogP contribution in [0.1, 0.15) is 25.7 Å². The Morgan fingerprint density at radius 2 is 2.04 bits per heavy atom. The number of carbonyl (C=O) groups excluding carboxylic acids is 1. The molecule has 2 fully saturated rings. The Morgan fingerprint density at radius 1 is 1.22 bits per heavy atom. The Kier molecular flexibility index (Phi) is 7.23. The number of nitrogens with one attached hydrogen (secondary N) is 1. The maximum Gasteiger partial charge on any atom is 0.224 e. The molecule has 0 saturated carbocycles. The Labute approximate surface area is 161 Å². The fraction of sp³-hybridized carbons (Fsp3) is 0.737. The van der Waals surface area contributed by atoms with Crippen LogP contribution in [0.25, 0.3) is 0 Å². The number of piperidine rings is 2. The van der Waals surface area contributed by atoms with E-state index in [1.807, 2.05) is 6.07 Å². The van der Waals surface area contributed by atoms with Crippen molar-refractivity contribution in [3.63, 3.8) is 0 Å². The molecule has 1 aromatic heterocycles. The van der Waals surface area contributed by atoms with Gasteiger partial charge in [-0.25, -0.2) is 9.97 Å². The number of anilines is 1. The summed E-state index contributed by atoms with van der Waals surface area (Å²) in [5.74, 6) is 1.79. The summed E-state index contributed by atoms with van der Waals surface area (Å²) in [4.78, 5) is 25.6. The number of carbonyl (C=O) groups is 1. The second kappa shape index (κ2) is 9.85. The molecule has 0 bridgehead atoms. The number of hydrogen-bond acceptors (Lipinski definition) is 7. The van der Waals surface area contributed by atoms with Gasteiger partial charge in [-0.2, -0.15) is 0 Å². The second-order valence-electron chi connectivity index (χ2n) is 7.25. The van der Waals surface area contributed by atoms with E-state index in [1.54, 1.807) is 20.5 Å². The van der Waals surface area contributed by atoms with Crippen molar-refractivity contribution in [2.24, 2.45) is 5.92 Å². The summed E-state index contributed by atoms with van der Waals surface area (Å²) in [5.41, 5.74) is 0. The van der Waals surface area contributed by atoms with Gasteiger partial charge in [0.25, 0.3) is 0 Å². The number of amides is 1. The molecule has 0 radical (unpaired) electrons. The third kappa shape index (κ3) is 5.29. The van der Waals surface area contributed by atoms with Gasteiger partial charge in [0.1, 0.15) is 12.1 Å². The minimum absolute atomic E-state index is 0.0970. The summed E-state index contributed by atoms with van der Waals surface area (Å²) < 4.78 is 10.2. The van der Waals surface area contributed by atoms with Crippen LogP contribution in [0, 0.1) is 5.92 Å². The van der Waals surface area contributed by atoms with Gasteiger partial charge < -0.3 is 19.7 Å². The highest BCUT2D eigenvalue weighted by Crippen LogP contribution is 2.26. The highest BCUT2D eigenvalue weighted by atomic mass is 16.5. The molecule has 2 aliphatic rings. The van der Waals surface area contributed by atoms with E-state index >= 15 is 0 Å². The van der Waals surface area contributed by atoms with Crippen LogP contribution in [0.15, 0.2) is 12.4 Å².